The number of benzene rings is 1. The Morgan fingerprint density at radius 1 is 1.19 bits per heavy atom. The summed E-state index contributed by atoms with van der Waals surface area (Å²) < 4.78 is 0. The van der Waals surface area contributed by atoms with Crippen molar-refractivity contribution >= 4 is 39.7 Å². The van der Waals surface area contributed by atoms with Crippen LogP contribution in [0.3, 0.4) is 0 Å². The molecular formula is C23H21N5O3S. The molecule has 1 N–H and O–H groups in total. The van der Waals surface area contributed by atoms with Crippen molar-refractivity contribution in [1.29, 1.82) is 10.5 Å². The van der Waals surface area contributed by atoms with Gasteiger partial charge in [-0.3, -0.25) is 14.9 Å². The van der Waals surface area contributed by atoms with E-state index in [9.17, 15) is 25.4 Å². The summed E-state index contributed by atoms with van der Waals surface area (Å²) in [6.07, 6.45) is 7.21. The fraction of sp³-hybridized carbons (Fsp3) is 0.348. The predicted molar refractivity (Wildman–Crippen MR) is 122 cm³/mol. The maximum Gasteiger partial charge on any atom is 0.270 e. The summed E-state index contributed by atoms with van der Waals surface area (Å²) in [5, 5.41) is 33.8. The van der Waals surface area contributed by atoms with Crippen LogP contribution in [0, 0.1) is 32.8 Å². The van der Waals surface area contributed by atoms with Gasteiger partial charge in [0.2, 0.25) is 0 Å². The molecule has 0 unspecified atom stereocenters. The molecule has 4 rings (SSSR count). The largest absolute Gasteiger partial charge is 0.371 e. The zero-order valence-electron chi connectivity index (χ0n) is 17.4. The van der Waals surface area contributed by atoms with Gasteiger partial charge in [0.05, 0.1) is 10.5 Å². The van der Waals surface area contributed by atoms with Gasteiger partial charge in [-0.25, -0.2) is 0 Å². The Bertz CT molecular complexity index is 1200. The lowest BCUT2D eigenvalue weighted by molar-refractivity contribution is -0.384. The normalized spacial score (nSPS) is 15.6. The zero-order valence-corrected chi connectivity index (χ0v) is 18.2. The van der Waals surface area contributed by atoms with E-state index < -0.39 is 10.8 Å². The average molecular weight is 448 g/mol. The van der Waals surface area contributed by atoms with Crippen LogP contribution in [0.25, 0.3) is 6.08 Å². The summed E-state index contributed by atoms with van der Waals surface area (Å²) in [4.78, 5) is 26.9. The molecule has 8 nitrogen and oxygen atoms in total. The van der Waals surface area contributed by atoms with Crippen LogP contribution in [0.15, 0.2) is 23.8 Å². The second-order valence-electron chi connectivity index (χ2n) is 7.85. The number of hydrogen-bond acceptors (Lipinski definition) is 7. The number of amides is 1. The molecule has 1 aromatic carbocycles. The number of non-ortho nitro benzene ring substituents is 1. The topological polar surface area (TPSA) is 123 Å². The number of aryl methyl sites for hydroxylation is 1. The highest BCUT2D eigenvalue weighted by molar-refractivity contribution is 7.16. The molecule has 2 aliphatic rings. The van der Waals surface area contributed by atoms with Crippen LogP contribution in [-0.2, 0) is 17.6 Å². The number of nitro benzene ring substituents is 1. The second-order valence-corrected chi connectivity index (χ2v) is 8.95. The van der Waals surface area contributed by atoms with Crippen molar-refractivity contribution in [3.8, 4) is 12.1 Å². The number of nitriles is 2. The molecule has 1 aromatic heterocycles. The molecule has 0 radical (unpaired) electrons. The molecule has 1 aliphatic heterocycles. The van der Waals surface area contributed by atoms with Gasteiger partial charge in [0.25, 0.3) is 11.6 Å². The van der Waals surface area contributed by atoms with Crippen molar-refractivity contribution in [3.63, 3.8) is 0 Å². The van der Waals surface area contributed by atoms with E-state index in [4.69, 9.17) is 0 Å². The zero-order chi connectivity index (χ0) is 22.7. The van der Waals surface area contributed by atoms with Gasteiger partial charge >= 0.3 is 0 Å². The average Bonchev–Trinajstić information content (AvgIpc) is 3.44. The predicted octanol–water partition coefficient (Wildman–Crippen LogP) is 4.55. The SMILES string of the molecule is N#CC(=Cc1cc([N+](=O)[O-])ccc1N1CCCC1)C(=O)Nc1sc2c(c1C#N)CCCC2. The number of rotatable bonds is 5. The Hall–Kier alpha value is -3.69. The van der Waals surface area contributed by atoms with Crippen molar-refractivity contribution in [3.05, 3.63) is 55.5 Å². The minimum absolute atomic E-state index is 0.102. The maximum atomic E-state index is 12.9. The lowest BCUT2D eigenvalue weighted by Crippen LogP contribution is -2.19. The highest BCUT2D eigenvalue weighted by Gasteiger charge is 2.24. The fourth-order valence-corrected chi connectivity index (χ4v) is 5.50. The Morgan fingerprint density at radius 3 is 2.62 bits per heavy atom. The number of carbonyl (C=O) groups excluding carboxylic acids is 1. The molecule has 1 aliphatic carbocycles. The monoisotopic (exact) mass is 447 g/mol. The molecule has 9 heteroatoms. The van der Waals surface area contributed by atoms with Crippen LogP contribution < -0.4 is 10.2 Å². The standard InChI is InChI=1S/C23H21N5O3S/c24-13-16(22(29)26-23-19(14-25)18-5-1-2-6-21(18)32-23)11-15-12-17(28(30)31)7-8-20(15)27-9-3-4-10-27/h7-8,11-12H,1-6,9-10H2,(H,26,29). The Kier molecular flexibility index (Phi) is 6.20. The molecule has 162 valence electrons. The van der Waals surface area contributed by atoms with Gasteiger partial charge in [-0.05, 0) is 56.2 Å². The van der Waals surface area contributed by atoms with E-state index in [1.54, 1.807) is 6.07 Å². The second kappa shape index (κ2) is 9.21. The van der Waals surface area contributed by atoms with Gasteiger partial charge in [0, 0.05) is 41.4 Å². The molecule has 2 heterocycles. The quantitative estimate of drug-likeness (QED) is 0.310. The number of anilines is 2. The van der Waals surface area contributed by atoms with E-state index >= 15 is 0 Å². The van der Waals surface area contributed by atoms with Gasteiger partial charge < -0.3 is 10.2 Å². The van der Waals surface area contributed by atoms with E-state index in [0.29, 0.717) is 16.1 Å². The Morgan fingerprint density at radius 2 is 1.94 bits per heavy atom. The molecule has 32 heavy (non-hydrogen) atoms. The van der Waals surface area contributed by atoms with Gasteiger partial charge in [-0.1, -0.05) is 0 Å². The van der Waals surface area contributed by atoms with Crippen LogP contribution in [0.5, 0.6) is 0 Å². The first-order valence-corrected chi connectivity index (χ1v) is 11.3. The van der Waals surface area contributed by atoms with Crippen LogP contribution in [0.2, 0.25) is 0 Å². The van der Waals surface area contributed by atoms with Gasteiger partial charge in [0.15, 0.2) is 0 Å². The molecule has 0 bridgehead atoms. The van der Waals surface area contributed by atoms with Gasteiger partial charge in [-0.2, -0.15) is 10.5 Å². The summed E-state index contributed by atoms with van der Waals surface area (Å²) in [5.74, 6) is -0.624. The summed E-state index contributed by atoms with van der Waals surface area (Å²) in [5.41, 5.74) is 2.42. The van der Waals surface area contributed by atoms with E-state index in [-0.39, 0.29) is 11.3 Å². The number of hydrogen-bond donors (Lipinski definition) is 1. The molecular weight excluding hydrogens is 426 g/mol. The minimum atomic E-state index is -0.624. The number of nitro groups is 1. The number of nitrogens with one attached hydrogen (secondary N) is 1. The number of nitrogens with zero attached hydrogens (tertiary/aromatic N) is 4. The third-order valence-electron chi connectivity index (χ3n) is 5.84. The number of fused-ring (bicyclic) bond motifs is 1. The first-order valence-electron chi connectivity index (χ1n) is 10.5. The van der Waals surface area contributed by atoms with Gasteiger partial charge in [0.1, 0.15) is 22.7 Å². The molecule has 0 saturated carbocycles. The third kappa shape index (κ3) is 4.20. The highest BCUT2D eigenvalue weighted by Crippen LogP contribution is 2.38. The molecule has 1 fully saturated rings. The lowest BCUT2D eigenvalue weighted by atomic mass is 9.96. The minimum Gasteiger partial charge on any atom is -0.371 e. The van der Waals surface area contributed by atoms with Crippen LogP contribution in [-0.4, -0.2) is 23.9 Å². The summed E-state index contributed by atoms with van der Waals surface area (Å²) in [6.45, 7) is 1.64. The van der Waals surface area contributed by atoms with Crippen molar-refractivity contribution in [2.45, 2.75) is 38.5 Å². The van der Waals surface area contributed by atoms with Crippen LogP contribution in [0.4, 0.5) is 16.4 Å². The van der Waals surface area contributed by atoms with E-state index in [1.165, 1.54) is 29.5 Å². The van der Waals surface area contributed by atoms with E-state index in [1.807, 2.05) is 6.07 Å². The third-order valence-corrected chi connectivity index (χ3v) is 7.05. The summed E-state index contributed by atoms with van der Waals surface area (Å²) in [6, 6.07) is 8.61. The maximum absolute atomic E-state index is 12.9. The van der Waals surface area contributed by atoms with Gasteiger partial charge in [-0.15, -0.1) is 11.3 Å². The van der Waals surface area contributed by atoms with Crippen molar-refractivity contribution < 1.29 is 9.72 Å². The lowest BCUT2D eigenvalue weighted by Gasteiger charge is -2.20. The van der Waals surface area contributed by atoms with E-state index in [0.717, 1.165) is 67.7 Å². The molecule has 0 atom stereocenters. The van der Waals surface area contributed by atoms with Crippen molar-refractivity contribution in [2.24, 2.45) is 0 Å². The molecule has 1 saturated heterocycles. The number of thiophene rings is 1. The first kappa shape index (κ1) is 21.5. The van der Waals surface area contributed by atoms with E-state index in [2.05, 4.69) is 16.3 Å². The molecule has 2 aromatic rings. The van der Waals surface area contributed by atoms with Crippen LogP contribution in [0.1, 0.15) is 47.3 Å². The molecule has 1 amide bonds. The first-order chi connectivity index (χ1) is 15.5. The smallest absolute Gasteiger partial charge is 0.270 e. The van der Waals surface area contributed by atoms with Crippen LogP contribution >= 0.6 is 11.3 Å². The fourth-order valence-electron chi connectivity index (χ4n) is 4.26. The Labute approximate surface area is 189 Å². The summed E-state index contributed by atoms with van der Waals surface area (Å²) in [7, 11) is 0. The summed E-state index contributed by atoms with van der Waals surface area (Å²) >= 11 is 1.39. The highest BCUT2D eigenvalue weighted by atomic mass is 32.1. The Balaban J connectivity index is 1.67. The molecule has 0 spiro atoms. The van der Waals surface area contributed by atoms with Crippen molar-refractivity contribution in [1.82, 2.24) is 0 Å². The number of carbonyl (C=O) groups is 1. The van der Waals surface area contributed by atoms with Crippen molar-refractivity contribution in [2.75, 3.05) is 23.3 Å².